The number of ether oxygens (including phenoxy) is 1. The summed E-state index contributed by atoms with van der Waals surface area (Å²) in [5, 5.41) is 4.91. The molecule has 0 spiro atoms. The van der Waals surface area contributed by atoms with Crippen molar-refractivity contribution in [3.05, 3.63) is 58.9 Å². The number of pyridine rings is 1. The fraction of sp³-hybridized carbons (Fsp3) is 0.167. The maximum absolute atomic E-state index is 12.4. The van der Waals surface area contributed by atoms with E-state index in [1.165, 1.54) is 35.6 Å². The Kier molecular flexibility index (Phi) is 5.13. The molecule has 27 heavy (non-hydrogen) atoms. The number of aryl methyl sites for hydroxylation is 2. The summed E-state index contributed by atoms with van der Waals surface area (Å²) in [6, 6.07) is 8.73. The number of aromatic nitrogens is 2. The zero-order valence-corrected chi connectivity index (χ0v) is 15.1. The molecule has 2 aromatic heterocycles. The highest BCUT2D eigenvalue weighted by atomic mass is 32.1. The van der Waals surface area contributed by atoms with Gasteiger partial charge in [0.25, 0.3) is 5.91 Å². The lowest BCUT2D eigenvalue weighted by Gasteiger charge is -2.11. The Bertz CT molecular complexity index is 986. The van der Waals surface area contributed by atoms with Crippen molar-refractivity contribution >= 4 is 22.4 Å². The number of hydrogen-bond acceptors (Lipinski definition) is 5. The molecule has 0 bridgehead atoms. The average Bonchev–Trinajstić information content (AvgIpc) is 2.98. The predicted octanol–water partition coefficient (Wildman–Crippen LogP) is 4.97. The van der Waals surface area contributed by atoms with Gasteiger partial charge in [0.2, 0.25) is 0 Å². The number of carbonyl (C=O) groups excluding carboxylic acids is 1. The molecule has 1 aromatic carbocycles. The first kappa shape index (κ1) is 18.8. The molecule has 0 aliphatic rings. The van der Waals surface area contributed by atoms with Crippen LogP contribution in [0.25, 0.3) is 11.1 Å². The van der Waals surface area contributed by atoms with Crippen LogP contribution in [-0.4, -0.2) is 22.2 Å². The number of nitrogens with zero attached hydrogens (tertiary/aromatic N) is 2. The molecule has 0 radical (unpaired) electrons. The molecule has 3 aromatic rings. The van der Waals surface area contributed by atoms with Crippen LogP contribution in [0.2, 0.25) is 0 Å². The first-order chi connectivity index (χ1) is 12.7. The molecule has 1 N–H and O–H groups in total. The zero-order valence-electron chi connectivity index (χ0n) is 14.3. The average molecular weight is 393 g/mol. The molecule has 0 saturated heterocycles. The Balaban J connectivity index is 1.89. The van der Waals surface area contributed by atoms with Gasteiger partial charge in [-0.05, 0) is 49.2 Å². The number of amides is 1. The monoisotopic (exact) mass is 393 g/mol. The molecule has 0 aliphatic heterocycles. The topological polar surface area (TPSA) is 64.1 Å². The van der Waals surface area contributed by atoms with E-state index in [0.717, 1.165) is 5.69 Å². The molecule has 3 rings (SSSR count). The van der Waals surface area contributed by atoms with E-state index in [0.29, 0.717) is 22.0 Å². The molecule has 5 nitrogen and oxygen atoms in total. The summed E-state index contributed by atoms with van der Waals surface area (Å²) in [4.78, 5) is 20.8. The highest BCUT2D eigenvalue weighted by Gasteiger charge is 2.31. The van der Waals surface area contributed by atoms with Crippen LogP contribution in [-0.2, 0) is 0 Å². The maximum atomic E-state index is 12.4. The van der Waals surface area contributed by atoms with Crippen LogP contribution in [0.15, 0.2) is 41.8 Å². The third-order valence-corrected chi connectivity index (χ3v) is 4.30. The molecule has 0 atom stereocenters. The van der Waals surface area contributed by atoms with E-state index >= 15 is 0 Å². The van der Waals surface area contributed by atoms with E-state index in [9.17, 15) is 18.0 Å². The van der Waals surface area contributed by atoms with E-state index in [4.69, 9.17) is 0 Å². The minimum atomic E-state index is -4.77. The van der Waals surface area contributed by atoms with Crippen LogP contribution >= 0.6 is 11.3 Å². The van der Waals surface area contributed by atoms with Gasteiger partial charge in [-0.2, -0.15) is 0 Å². The second-order valence-electron chi connectivity index (χ2n) is 5.71. The SMILES string of the molecule is Cc1cc(-c2cccc(OC(F)(F)F)c2)cc(C(=O)Nc2nc(C)cs2)n1. The number of halogens is 3. The molecule has 2 heterocycles. The lowest BCUT2D eigenvalue weighted by atomic mass is 10.0. The van der Waals surface area contributed by atoms with Gasteiger partial charge in [-0.25, -0.2) is 9.97 Å². The molecule has 0 saturated carbocycles. The molecular formula is C18H14F3N3O2S. The highest BCUT2D eigenvalue weighted by molar-refractivity contribution is 7.13. The second-order valence-corrected chi connectivity index (χ2v) is 6.56. The van der Waals surface area contributed by atoms with Gasteiger partial charge in [0.15, 0.2) is 5.13 Å². The molecule has 1 amide bonds. The van der Waals surface area contributed by atoms with Gasteiger partial charge < -0.3 is 4.74 Å². The number of nitrogens with one attached hydrogen (secondary N) is 1. The Hall–Kier alpha value is -2.94. The minimum absolute atomic E-state index is 0.139. The van der Waals surface area contributed by atoms with E-state index < -0.39 is 12.3 Å². The minimum Gasteiger partial charge on any atom is -0.406 e. The fourth-order valence-electron chi connectivity index (χ4n) is 2.40. The van der Waals surface area contributed by atoms with Crippen molar-refractivity contribution < 1.29 is 22.7 Å². The number of hydrogen-bond donors (Lipinski definition) is 1. The van der Waals surface area contributed by atoms with Gasteiger partial charge in [-0.1, -0.05) is 12.1 Å². The second kappa shape index (κ2) is 7.36. The van der Waals surface area contributed by atoms with Crippen LogP contribution in [0.1, 0.15) is 21.9 Å². The number of thiazole rings is 1. The quantitative estimate of drug-likeness (QED) is 0.680. The fourth-order valence-corrected chi connectivity index (χ4v) is 3.08. The largest absolute Gasteiger partial charge is 0.573 e. The first-order valence-electron chi connectivity index (χ1n) is 7.78. The van der Waals surface area contributed by atoms with Crippen LogP contribution < -0.4 is 10.1 Å². The van der Waals surface area contributed by atoms with Crippen molar-refractivity contribution in [2.45, 2.75) is 20.2 Å². The van der Waals surface area contributed by atoms with Crippen molar-refractivity contribution in [1.82, 2.24) is 9.97 Å². The summed E-state index contributed by atoms with van der Waals surface area (Å²) in [5.41, 5.74) is 2.50. The summed E-state index contributed by atoms with van der Waals surface area (Å²) in [7, 11) is 0. The third-order valence-electron chi connectivity index (χ3n) is 3.43. The number of rotatable bonds is 4. The van der Waals surface area contributed by atoms with Crippen LogP contribution in [0, 0.1) is 13.8 Å². The molecule has 0 fully saturated rings. The van der Waals surface area contributed by atoms with Gasteiger partial charge in [0, 0.05) is 11.1 Å². The molecule has 9 heteroatoms. The number of benzene rings is 1. The summed E-state index contributed by atoms with van der Waals surface area (Å²) in [6.07, 6.45) is -4.77. The van der Waals surface area contributed by atoms with E-state index in [1.807, 2.05) is 6.92 Å². The van der Waals surface area contributed by atoms with Gasteiger partial charge in [-0.3, -0.25) is 10.1 Å². The van der Waals surface area contributed by atoms with E-state index in [-0.39, 0.29) is 11.4 Å². The first-order valence-corrected chi connectivity index (χ1v) is 8.66. The Labute approximate surface area is 156 Å². The van der Waals surface area contributed by atoms with Crippen molar-refractivity contribution in [2.24, 2.45) is 0 Å². The van der Waals surface area contributed by atoms with Crippen LogP contribution in [0.3, 0.4) is 0 Å². The summed E-state index contributed by atoms with van der Waals surface area (Å²) >= 11 is 1.29. The van der Waals surface area contributed by atoms with Gasteiger partial charge in [-0.15, -0.1) is 24.5 Å². The van der Waals surface area contributed by atoms with Crippen molar-refractivity contribution in [1.29, 1.82) is 0 Å². The number of alkyl halides is 3. The molecule has 140 valence electrons. The van der Waals surface area contributed by atoms with E-state index in [2.05, 4.69) is 20.0 Å². The summed E-state index contributed by atoms with van der Waals surface area (Å²) in [5.74, 6) is -0.782. The summed E-state index contributed by atoms with van der Waals surface area (Å²) in [6.45, 7) is 3.51. The highest BCUT2D eigenvalue weighted by Crippen LogP contribution is 2.28. The van der Waals surface area contributed by atoms with E-state index in [1.54, 1.807) is 24.4 Å². The third kappa shape index (κ3) is 5.04. The number of anilines is 1. The standard InChI is InChI=1S/C18H14F3N3O2S/c1-10-6-13(12-4-3-5-14(7-12)26-18(19,20)21)8-15(22-10)16(25)24-17-23-11(2)9-27-17/h3-9H,1-2H3,(H,23,24,25). The molecule has 0 aliphatic carbocycles. The van der Waals surface area contributed by atoms with Gasteiger partial charge in [0.1, 0.15) is 11.4 Å². The molecule has 0 unspecified atom stereocenters. The predicted molar refractivity (Wildman–Crippen MR) is 95.9 cm³/mol. The van der Waals surface area contributed by atoms with Gasteiger partial charge >= 0.3 is 6.36 Å². The van der Waals surface area contributed by atoms with Crippen molar-refractivity contribution in [3.8, 4) is 16.9 Å². The van der Waals surface area contributed by atoms with Crippen molar-refractivity contribution in [2.75, 3.05) is 5.32 Å². The lowest BCUT2D eigenvalue weighted by molar-refractivity contribution is -0.274. The van der Waals surface area contributed by atoms with Crippen LogP contribution in [0.5, 0.6) is 5.75 Å². The van der Waals surface area contributed by atoms with Crippen LogP contribution in [0.4, 0.5) is 18.3 Å². The lowest BCUT2D eigenvalue weighted by Crippen LogP contribution is -2.17. The van der Waals surface area contributed by atoms with Gasteiger partial charge in [0.05, 0.1) is 5.69 Å². The normalized spacial score (nSPS) is 11.3. The van der Waals surface area contributed by atoms with Crippen molar-refractivity contribution in [3.63, 3.8) is 0 Å². The summed E-state index contributed by atoms with van der Waals surface area (Å²) < 4.78 is 41.2. The Morgan fingerprint density at radius 3 is 2.52 bits per heavy atom. The Morgan fingerprint density at radius 1 is 1.07 bits per heavy atom. The molecular weight excluding hydrogens is 379 g/mol. The Morgan fingerprint density at radius 2 is 1.85 bits per heavy atom. The number of carbonyl (C=O) groups is 1. The smallest absolute Gasteiger partial charge is 0.406 e. The maximum Gasteiger partial charge on any atom is 0.573 e. The zero-order chi connectivity index (χ0) is 19.6.